The van der Waals surface area contributed by atoms with Crippen LogP contribution in [0.15, 0.2) is 11.2 Å². The maximum Gasteiger partial charge on any atom is 0.190 e. The molecule has 0 radical (unpaired) electrons. The fourth-order valence-electron chi connectivity index (χ4n) is 2.51. The van der Waals surface area contributed by atoms with E-state index in [1.807, 2.05) is 6.20 Å². The molecule has 1 aromatic heterocycles. The van der Waals surface area contributed by atoms with Crippen molar-refractivity contribution in [1.29, 1.82) is 0 Å². The number of halogens is 1. The van der Waals surface area contributed by atoms with Crippen LogP contribution < -0.4 is 10.6 Å². The molecule has 1 fully saturated rings. The minimum atomic E-state index is 0. The van der Waals surface area contributed by atoms with Gasteiger partial charge in [-0.05, 0) is 25.7 Å². The molecule has 6 nitrogen and oxygen atoms in total. The number of aryl methyl sites for hydroxylation is 1. The van der Waals surface area contributed by atoms with E-state index < -0.39 is 0 Å². The zero-order valence-electron chi connectivity index (χ0n) is 15.3. The highest BCUT2D eigenvalue weighted by Gasteiger charge is 2.14. The number of aromatic nitrogens is 1. The molecule has 0 bridgehead atoms. The first-order chi connectivity index (χ1) is 11.8. The van der Waals surface area contributed by atoms with Crippen molar-refractivity contribution in [2.45, 2.75) is 45.1 Å². The molecule has 8 heteroatoms. The highest BCUT2D eigenvalue weighted by Crippen LogP contribution is 2.13. The topological polar surface area (TPSA) is 67.8 Å². The Labute approximate surface area is 172 Å². The van der Waals surface area contributed by atoms with Crippen LogP contribution in [0.2, 0.25) is 0 Å². The molecule has 144 valence electrons. The van der Waals surface area contributed by atoms with Gasteiger partial charge in [-0.15, -0.1) is 35.3 Å². The van der Waals surface area contributed by atoms with Crippen LogP contribution in [0.1, 0.15) is 36.1 Å². The SMILES string of the molecule is CCc1cnc(CCNC(=NC)NCCCOCC2CCCO2)s1.I. The van der Waals surface area contributed by atoms with E-state index in [1.54, 1.807) is 18.4 Å². The van der Waals surface area contributed by atoms with Gasteiger partial charge >= 0.3 is 0 Å². The molecule has 0 aliphatic carbocycles. The molecule has 1 atom stereocenters. The van der Waals surface area contributed by atoms with E-state index in [0.717, 1.165) is 64.6 Å². The van der Waals surface area contributed by atoms with E-state index in [9.17, 15) is 0 Å². The molecule has 2 heterocycles. The molecule has 0 spiro atoms. The summed E-state index contributed by atoms with van der Waals surface area (Å²) >= 11 is 1.79. The molecule has 1 saturated heterocycles. The molecule has 0 saturated carbocycles. The van der Waals surface area contributed by atoms with Crippen LogP contribution in [-0.4, -0.2) is 57.0 Å². The van der Waals surface area contributed by atoms with Gasteiger partial charge in [0.15, 0.2) is 5.96 Å². The number of thiazole rings is 1. The number of nitrogens with zero attached hydrogens (tertiary/aromatic N) is 2. The number of nitrogens with one attached hydrogen (secondary N) is 2. The fourth-order valence-corrected chi connectivity index (χ4v) is 3.37. The first-order valence-corrected chi connectivity index (χ1v) is 9.71. The molecule has 2 rings (SSSR count). The summed E-state index contributed by atoms with van der Waals surface area (Å²) in [7, 11) is 1.79. The molecular formula is C17H31IN4O2S. The van der Waals surface area contributed by atoms with Gasteiger partial charge in [0.1, 0.15) is 0 Å². The van der Waals surface area contributed by atoms with Gasteiger partial charge in [0.25, 0.3) is 0 Å². The Kier molecular flexibility index (Phi) is 12.4. The normalized spacial score (nSPS) is 17.4. The summed E-state index contributed by atoms with van der Waals surface area (Å²) in [5.74, 6) is 0.835. The second-order valence-corrected chi connectivity index (χ2v) is 7.01. The van der Waals surface area contributed by atoms with Crippen LogP contribution in [0.25, 0.3) is 0 Å². The molecule has 1 aromatic rings. The Morgan fingerprint density at radius 3 is 2.96 bits per heavy atom. The number of hydrogen-bond acceptors (Lipinski definition) is 5. The van der Waals surface area contributed by atoms with Gasteiger partial charge in [-0.3, -0.25) is 4.99 Å². The lowest BCUT2D eigenvalue weighted by Crippen LogP contribution is -2.39. The highest BCUT2D eigenvalue weighted by atomic mass is 127. The Morgan fingerprint density at radius 2 is 2.28 bits per heavy atom. The molecule has 1 unspecified atom stereocenters. The third-order valence-electron chi connectivity index (χ3n) is 3.89. The van der Waals surface area contributed by atoms with E-state index in [2.05, 4.69) is 27.5 Å². The van der Waals surface area contributed by atoms with Crippen molar-refractivity contribution in [3.05, 3.63) is 16.1 Å². The van der Waals surface area contributed by atoms with Crippen LogP contribution in [0.3, 0.4) is 0 Å². The van der Waals surface area contributed by atoms with Crippen LogP contribution in [0, 0.1) is 0 Å². The summed E-state index contributed by atoms with van der Waals surface area (Å²) in [6.07, 6.45) is 7.53. The maximum absolute atomic E-state index is 5.65. The number of ether oxygens (including phenoxy) is 2. The second-order valence-electron chi connectivity index (χ2n) is 5.81. The summed E-state index contributed by atoms with van der Waals surface area (Å²) in [5, 5.41) is 7.81. The second kappa shape index (κ2) is 13.7. The lowest BCUT2D eigenvalue weighted by molar-refractivity contribution is 0.0168. The van der Waals surface area contributed by atoms with Gasteiger partial charge in [-0.25, -0.2) is 4.98 Å². The van der Waals surface area contributed by atoms with Gasteiger partial charge in [0.2, 0.25) is 0 Å². The monoisotopic (exact) mass is 482 g/mol. The predicted molar refractivity (Wildman–Crippen MR) is 114 cm³/mol. The molecule has 0 amide bonds. The summed E-state index contributed by atoms with van der Waals surface area (Å²) in [4.78, 5) is 10.0. The van der Waals surface area contributed by atoms with Gasteiger partial charge in [0, 0.05) is 50.8 Å². The molecule has 2 N–H and O–H groups in total. The Balaban J connectivity index is 0.00000312. The van der Waals surface area contributed by atoms with Gasteiger partial charge in [-0.2, -0.15) is 0 Å². The van der Waals surface area contributed by atoms with E-state index in [4.69, 9.17) is 9.47 Å². The number of hydrogen-bond donors (Lipinski definition) is 2. The van der Waals surface area contributed by atoms with Gasteiger partial charge < -0.3 is 20.1 Å². The summed E-state index contributed by atoms with van der Waals surface area (Å²) < 4.78 is 11.2. The Hall–Kier alpha value is -0.450. The average molecular weight is 482 g/mol. The lowest BCUT2D eigenvalue weighted by atomic mass is 10.2. The molecule has 1 aliphatic heterocycles. The highest BCUT2D eigenvalue weighted by molar-refractivity contribution is 14.0. The van der Waals surface area contributed by atoms with Crippen molar-refractivity contribution in [2.75, 3.05) is 40.0 Å². The Bertz CT molecular complexity index is 493. The number of aliphatic imine (C=N–C) groups is 1. The van der Waals surface area contributed by atoms with Crippen LogP contribution in [0.5, 0.6) is 0 Å². The van der Waals surface area contributed by atoms with Crippen molar-refractivity contribution >= 4 is 41.3 Å². The van der Waals surface area contributed by atoms with E-state index in [1.165, 1.54) is 16.3 Å². The lowest BCUT2D eigenvalue weighted by Gasteiger charge is -2.12. The molecular weight excluding hydrogens is 451 g/mol. The maximum atomic E-state index is 5.65. The minimum Gasteiger partial charge on any atom is -0.379 e. The van der Waals surface area contributed by atoms with Crippen LogP contribution in [-0.2, 0) is 22.3 Å². The van der Waals surface area contributed by atoms with Crippen LogP contribution >= 0.6 is 35.3 Å². The van der Waals surface area contributed by atoms with E-state index in [-0.39, 0.29) is 24.0 Å². The fraction of sp³-hybridized carbons (Fsp3) is 0.765. The zero-order valence-corrected chi connectivity index (χ0v) is 18.4. The minimum absolute atomic E-state index is 0. The molecule has 25 heavy (non-hydrogen) atoms. The number of guanidine groups is 1. The summed E-state index contributed by atoms with van der Waals surface area (Å²) in [5.41, 5.74) is 0. The molecule has 1 aliphatic rings. The van der Waals surface area contributed by atoms with Gasteiger partial charge in [-0.1, -0.05) is 6.92 Å². The quantitative estimate of drug-likeness (QED) is 0.232. The van der Waals surface area contributed by atoms with Crippen molar-refractivity contribution in [3.63, 3.8) is 0 Å². The predicted octanol–water partition coefficient (Wildman–Crippen LogP) is 2.62. The average Bonchev–Trinajstić information content (AvgIpc) is 3.27. The Morgan fingerprint density at radius 1 is 1.44 bits per heavy atom. The van der Waals surface area contributed by atoms with Crippen molar-refractivity contribution in [2.24, 2.45) is 4.99 Å². The van der Waals surface area contributed by atoms with Crippen molar-refractivity contribution in [3.8, 4) is 0 Å². The molecule has 0 aromatic carbocycles. The van der Waals surface area contributed by atoms with E-state index in [0.29, 0.717) is 6.10 Å². The largest absolute Gasteiger partial charge is 0.379 e. The third kappa shape index (κ3) is 9.16. The zero-order chi connectivity index (χ0) is 17.0. The first-order valence-electron chi connectivity index (χ1n) is 8.89. The van der Waals surface area contributed by atoms with Gasteiger partial charge in [0.05, 0.1) is 17.7 Å². The third-order valence-corrected chi connectivity index (χ3v) is 5.09. The van der Waals surface area contributed by atoms with Crippen molar-refractivity contribution in [1.82, 2.24) is 15.6 Å². The number of rotatable bonds is 10. The summed E-state index contributed by atoms with van der Waals surface area (Å²) in [6.45, 7) is 6.21. The van der Waals surface area contributed by atoms with Crippen LogP contribution in [0.4, 0.5) is 0 Å². The summed E-state index contributed by atoms with van der Waals surface area (Å²) in [6, 6.07) is 0. The first kappa shape index (κ1) is 22.6. The smallest absolute Gasteiger partial charge is 0.190 e. The standard InChI is InChI=1S/C17H30N4O2S.HI/c1-3-15-12-21-16(24-15)7-9-20-17(18-2)19-8-5-10-22-13-14-6-4-11-23-14;/h12,14H,3-11,13H2,1-2H3,(H2,18,19,20);1H. The van der Waals surface area contributed by atoms with E-state index >= 15 is 0 Å². The van der Waals surface area contributed by atoms with Crippen molar-refractivity contribution < 1.29 is 9.47 Å².